The number of carbonyl (C=O) groups is 2. The molecular formula is C12H17N4O6PS. The van der Waals surface area contributed by atoms with Crippen molar-refractivity contribution in [3.8, 4) is 0 Å². The average molecular weight is 376 g/mol. The van der Waals surface area contributed by atoms with Gasteiger partial charge in [-0.1, -0.05) is 17.4 Å². The third-order valence-electron chi connectivity index (χ3n) is 3.90. The molecule has 0 aromatic carbocycles. The lowest BCUT2D eigenvalue weighted by molar-refractivity contribution is -0.150. The van der Waals surface area contributed by atoms with E-state index in [1.54, 1.807) is 6.92 Å². The molecule has 1 amide bonds. The smallest absolute Gasteiger partial charge is 0.352 e. The number of allylic oxidation sites excluding steroid dienone is 1. The van der Waals surface area contributed by atoms with Crippen molar-refractivity contribution in [2.24, 2.45) is 11.0 Å². The van der Waals surface area contributed by atoms with E-state index in [2.05, 4.69) is 22.3 Å². The maximum atomic E-state index is 12.3. The Kier molecular flexibility index (Phi) is 5.44. The van der Waals surface area contributed by atoms with Gasteiger partial charge in [0.25, 0.3) is 0 Å². The van der Waals surface area contributed by atoms with Gasteiger partial charge in [0, 0.05) is 11.1 Å². The van der Waals surface area contributed by atoms with Crippen molar-refractivity contribution in [2.75, 3.05) is 6.61 Å². The summed E-state index contributed by atoms with van der Waals surface area (Å²) in [6, 6.07) is 0. The Bertz CT molecular complexity index is 674. The van der Waals surface area contributed by atoms with Crippen molar-refractivity contribution in [3.05, 3.63) is 22.7 Å². The summed E-state index contributed by atoms with van der Waals surface area (Å²) in [6.45, 7) is -1.17. The van der Waals surface area contributed by atoms with Crippen LogP contribution in [0.25, 0.3) is 10.4 Å². The van der Waals surface area contributed by atoms with Crippen molar-refractivity contribution in [3.63, 3.8) is 0 Å². The third kappa shape index (κ3) is 4.00. The maximum absolute atomic E-state index is 12.3. The van der Waals surface area contributed by atoms with Gasteiger partial charge >= 0.3 is 6.80 Å². The number of nitrogens with zero attached hydrogens (tertiary/aromatic N) is 4. The number of azide groups is 1. The van der Waals surface area contributed by atoms with Gasteiger partial charge in [-0.2, -0.15) is 0 Å². The lowest BCUT2D eigenvalue weighted by Crippen LogP contribution is -2.51. The number of rotatable bonds is 5. The van der Waals surface area contributed by atoms with Crippen LogP contribution in [-0.2, 0) is 23.4 Å². The van der Waals surface area contributed by atoms with Gasteiger partial charge in [-0.3, -0.25) is 19.0 Å². The Hall–Kier alpha value is -1.35. The Balaban J connectivity index is 2.24. The van der Waals surface area contributed by atoms with E-state index in [-0.39, 0.29) is 18.8 Å². The lowest BCUT2D eigenvalue weighted by Gasteiger charge is -2.35. The van der Waals surface area contributed by atoms with Gasteiger partial charge in [-0.15, -0.1) is 0 Å². The van der Waals surface area contributed by atoms with Gasteiger partial charge in [0.05, 0.1) is 24.2 Å². The Labute approximate surface area is 143 Å². The van der Waals surface area contributed by atoms with Crippen molar-refractivity contribution < 1.29 is 28.3 Å². The fourth-order valence-corrected chi connectivity index (χ4v) is 3.25. The predicted octanol–water partition coefficient (Wildman–Crippen LogP) is 1.78. The first-order valence-corrected chi connectivity index (χ1v) is 9.76. The molecule has 0 bridgehead atoms. The molecule has 0 aromatic heterocycles. The second-order valence-electron chi connectivity index (χ2n) is 5.83. The first-order chi connectivity index (χ1) is 11.1. The molecule has 0 saturated carbocycles. The zero-order valence-electron chi connectivity index (χ0n) is 13.0. The molecule has 24 heavy (non-hydrogen) atoms. The molecule has 132 valence electrons. The van der Waals surface area contributed by atoms with E-state index in [0.29, 0.717) is 0 Å². The Morgan fingerprint density at radius 3 is 2.92 bits per heavy atom. The summed E-state index contributed by atoms with van der Waals surface area (Å²) >= 11 is 3.41. The highest BCUT2D eigenvalue weighted by Crippen LogP contribution is 2.48. The van der Waals surface area contributed by atoms with E-state index >= 15 is 0 Å². The molecule has 1 N–H and O–H groups in total. The number of ether oxygens (including phenoxy) is 1. The summed E-state index contributed by atoms with van der Waals surface area (Å²) < 4.78 is 21.5. The summed E-state index contributed by atoms with van der Waals surface area (Å²) in [5, 5.41) is 3.72. The molecule has 10 nitrogen and oxygen atoms in total. The molecular weight excluding hydrogens is 359 g/mol. The summed E-state index contributed by atoms with van der Waals surface area (Å²) in [5.41, 5.74) is 7.69. The van der Waals surface area contributed by atoms with E-state index in [4.69, 9.17) is 19.7 Å². The highest BCUT2D eigenvalue weighted by molar-refractivity contribution is 8.44. The van der Waals surface area contributed by atoms with Crippen LogP contribution in [-0.4, -0.2) is 46.0 Å². The van der Waals surface area contributed by atoms with E-state index in [0.717, 1.165) is 0 Å². The third-order valence-corrected chi connectivity index (χ3v) is 4.73. The van der Waals surface area contributed by atoms with Gasteiger partial charge < -0.3 is 9.63 Å². The standard InChI is InChI=1S/C12H17N4O6PS/c1-7-9(17)3-4-16(10(7)18)11-12(2,14-15-13)5-8(22-11)6-21-23(19,20)24/h3-4,7-8,11H,5-6H2,1-2H3,(H2,19,20,24)/t7?,8?,11?,12-/m1/s1. The molecule has 2 heterocycles. The first-order valence-electron chi connectivity index (χ1n) is 7.03. The second-order valence-corrected chi connectivity index (χ2v) is 8.59. The van der Waals surface area contributed by atoms with Crippen LogP contribution in [0.15, 0.2) is 17.4 Å². The molecule has 5 atom stereocenters. The highest BCUT2D eigenvalue weighted by Gasteiger charge is 2.50. The van der Waals surface area contributed by atoms with Crippen LogP contribution in [0.5, 0.6) is 0 Å². The number of thiol groups is 1. The van der Waals surface area contributed by atoms with Crippen molar-refractivity contribution in [1.29, 1.82) is 0 Å². The minimum absolute atomic E-state index is 0.162. The largest absolute Gasteiger partial charge is 0.383 e. The first kappa shape index (κ1) is 19.0. The number of hydrogen-bond acceptors (Lipinski definition) is 6. The van der Waals surface area contributed by atoms with Crippen LogP contribution in [0.2, 0.25) is 0 Å². The van der Waals surface area contributed by atoms with Crippen LogP contribution in [0.4, 0.5) is 0 Å². The molecule has 0 aromatic rings. The van der Waals surface area contributed by atoms with Crippen LogP contribution in [0.1, 0.15) is 20.3 Å². The summed E-state index contributed by atoms with van der Waals surface area (Å²) in [7, 11) is 0. The molecule has 2 rings (SSSR count). The molecule has 1 fully saturated rings. The van der Waals surface area contributed by atoms with Crippen molar-refractivity contribution >= 4 is 30.7 Å². The second kappa shape index (κ2) is 6.87. The summed E-state index contributed by atoms with van der Waals surface area (Å²) in [5.74, 6) is -1.66. The van der Waals surface area contributed by atoms with Crippen LogP contribution in [0.3, 0.4) is 0 Å². The average Bonchev–Trinajstić information content (AvgIpc) is 2.79. The van der Waals surface area contributed by atoms with Crippen LogP contribution < -0.4 is 0 Å². The zero-order chi connectivity index (χ0) is 18.1. The zero-order valence-corrected chi connectivity index (χ0v) is 14.8. The number of hydrogen-bond donors (Lipinski definition) is 2. The summed E-state index contributed by atoms with van der Waals surface area (Å²) in [4.78, 5) is 37.0. The topological polar surface area (TPSA) is 142 Å². The maximum Gasteiger partial charge on any atom is 0.383 e. The molecule has 2 aliphatic heterocycles. The quantitative estimate of drug-likeness (QED) is 0.187. The predicted molar refractivity (Wildman–Crippen MR) is 85.7 cm³/mol. The van der Waals surface area contributed by atoms with Gasteiger partial charge in [-0.25, -0.2) is 4.57 Å². The normalized spacial score (nSPS) is 35.7. The monoisotopic (exact) mass is 376 g/mol. The molecule has 0 aliphatic carbocycles. The lowest BCUT2D eigenvalue weighted by atomic mass is 9.94. The van der Waals surface area contributed by atoms with Gasteiger partial charge in [-0.05, 0) is 31.9 Å². The van der Waals surface area contributed by atoms with Crippen LogP contribution in [0, 0.1) is 5.92 Å². The van der Waals surface area contributed by atoms with E-state index in [9.17, 15) is 14.2 Å². The molecule has 1 saturated heterocycles. The van der Waals surface area contributed by atoms with Gasteiger partial charge in [0.2, 0.25) is 5.91 Å². The SMILES string of the molecule is CC1C(=O)C=CN(C2OC(COP(=O)(O)S)C[C@@]2(C)N=[N+]=[N-])C1=O. The molecule has 12 heteroatoms. The van der Waals surface area contributed by atoms with E-state index in [1.807, 2.05) is 0 Å². The van der Waals surface area contributed by atoms with Crippen molar-refractivity contribution in [2.45, 2.75) is 38.1 Å². The molecule has 0 spiro atoms. The van der Waals surface area contributed by atoms with Gasteiger partial charge in [0.15, 0.2) is 5.78 Å². The fourth-order valence-electron chi connectivity index (χ4n) is 2.69. The molecule has 0 radical (unpaired) electrons. The molecule has 4 unspecified atom stereocenters. The molecule has 2 aliphatic rings. The number of amides is 1. The van der Waals surface area contributed by atoms with E-state index in [1.165, 1.54) is 24.1 Å². The van der Waals surface area contributed by atoms with Crippen molar-refractivity contribution in [1.82, 2.24) is 4.90 Å². The Morgan fingerprint density at radius 1 is 1.67 bits per heavy atom. The summed E-state index contributed by atoms with van der Waals surface area (Å²) in [6.07, 6.45) is 1.06. The highest BCUT2D eigenvalue weighted by atomic mass is 32.7. The minimum Gasteiger partial charge on any atom is -0.352 e. The van der Waals surface area contributed by atoms with Gasteiger partial charge in [0.1, 0.15) is 6.23 Å². The number of ketones is 1. The van der Waals surface area contributed by atoms with E-state index < -0.39 is 36.5 Å². The minimum atomic E-state index is -3.99. The Morgan fingerprint density at radius 2 is 2.33 bits per heavy atom. The fraction of sp³-hybridized carbons (Fsp3) is 0.667. The van der Waals surface area contributed by atoms with Crippen LogP contribution >= 0.6 is 19.0 Å². The number of carbonyl (C=O) groups excluding carboxylic acids is 2.